The standard InChI is InChI=1S/C13H12Cl2FN3/c14-9-1-3-11(15)8(5-9)6-13(19-17)12-4-2-10(16)7-18-12/h1-5,7,13,19H,6,17H2. The van der Waals surface area contributed by atoms with Gasteiger partial charge in [0.15, 0.2) is 0 Å². The first-order valence-electron chi connectivity index (χ1n) is 5.61. The van der Waals surface area contributed by atoms with Crippen LogP contribution in [0, 0.1) is 5.82 Å². The number of pyridine rings is 1. The number of hydrazine groups is 1. The van der Waals surface area contributed by atoms with Crippen molar-refractivity contribution in [2.45, 2.75) is 12.5 Å². The largest absolute Gasteiger partial charge is 0.271 e. The van der Waals surface area contributed by atoms with Gasteiger partial charge in [-0.3, -0.25) is 16.3 Å². The monoisotopic (exact) mass is 299 g/mol. The van der Waals surface area contributed by atoms with Crippen molar-refractivity contribution in [3.8, 4) is 0 Å². The second-order valence-electron chi connectivity index (χ2n) is 4.06. The van der Waals surface area contributed by atoms with E-state index in [9.17, 15) is 4.39 Å². The number of nitrogens with zero attached hydrogens (tertiary/aromatic N) is 1. The van der Waals surface area contributed by atoms with Crippen LogP contribution >= 0.6 is 23.2 Å². The topological polar surface area (TPSA) is 50.9 Å². The summed E-state index contributed by atoms with van der Waals surface area (Å²) in [6.45, 7) is 0. The molecule has 0 aliphatic carbocycles. The predicted molar refractivity (Wildman–Crippen MR) is 74.4 cm³/mol. The molecular weight excluding hydrogens is 288 g/mol. The fourth-order valence-electron chi connectivity index (χ4n) is 1.76. The molecule has 19 heavy (non-hydrogen) atoms. The highest BCUT2D eigenvalue weighted by molar-refractivity contribution is 6.33. The molecule has 6 heteroatoms. The molecule has 0 amide bonds. The molecule has 0 saturated heterocycles. The van der Waals surface area contributed by atoms with Gasteiger partial charge in [0, 0.05) is 10.0 Å². The third kappa shape index (κ3) is 3.64. The Morgan fingerprint density at radius 3 is 2.68 bits per heavy atom. The van der Waals surface area contributed by atoms with E-state index in [0.29, 0.717) is 22.2 Å². The SMILES string of the molecule is NNC(Cc1cc(Cl)ccc1Cl)c1ccc(F)cn1. The fraction of sp³-hybridized carbons (Fsp3) is 0.154. The van der Waals surface area contributed by atoms with Crippen LogP contribution in [0.2, 0.25) is 10.0 Å². The summed E-state index contributed by atoms with van der Waals surface area (Å²) in [5.41, 5.74) is 4.14. The third-order valence-electron chi connectivity index (χ3n) is 2.74. The van der Waals surface area contributed by atoms with Crippen molar-refractivity contribution < 1.29 is 4.39 Å². The average Bonchev–Trinajstić information content (AvgIpc) is 2.41. The van der Waals surface area contributed by atoms with E-state index in [2.05, 4.69) is 10.4 Å². The summed E-state index contributed by atoms with van der Waals surface area (Å²) in [5, 5.41) is 1.20. The van der Waals surface area contributed by atoms with Crippen LogP contribution in [-0.2, 0) is 6.42 Å². The van der Waals surface area contributed by atoms with E-state index >= 15 is 0 Å². The molecule has 0 radical (unpaired) electrons. The Bertz CT molecular complexity index is 560. The second-order valence-corrected chi connectivity index (χ2v) is 4.90. The van der Waals surface area contributed by atoms with E-state index in [4.69, 9.17) is 29.0 Å². The van der Waals surface area contributed by atoms with Gasteiger partial charge in [-0.1, -0.05) is 23.2 Å². The minimum Gasteiger partial charge on any atom is -0.271 e. The van der Waals surface area contributed by atoms with Gasteiger partial charge in [0.05, 0.1) is 17.9 Å². The molecule has 0 spiro atoms. The maximum absolute atomic E-state index is 12.8. The molecule has 1 aromatic heterocycles. The third-order valence-corrected chi connectivity index (χ3v) is 3.34. The summed E-state index contributed by atoms with van der Waals surface area (Å²) in [7, 11) is 0. The molecule has 1 heterocycles. The first-order chi connectivity index (χ1) is 9.10. The normalized spacial score (nSPS) is 12.4. The quantitative estimate of drug-likeness (QED) is 0.673. The molecule has 2 rings (SSSR count). The Balaban J connectivity index is 2.23. The van der Waals surface area contributed by atoms with Gasteiger partial charge >= 0.3 is 0 Å². The Morgan fingerprint density at radius 2 is 2.05 bits per heavy atom. The van der Waals surface area contributed by atoms with Crippen LogP contribution < -0.4 is 11.3 Å². The van der Waals surface area contributed by atoms with Crippen molar-refractivity contribution >= 4 is 23.2 Å². The second kappa shape index (κ2) is 6.30. The van der Waals surface area contributed by atoms with Gasteiger partial charge in [-0.15, -0.1) is 0 Å². The Kier molecular flexibility index (Phi) is 4.71. The number of nitrogens with one attached hydrogen (secondary N) is 1. The maximum Gasteiger partial charge on any atom is 0.141 e. The van der Waals surface area contributed by atoms with Crippen LogP contribution in [0.4, 0.5) is 4.39 Å². The highest BCUT2D eigenvalue weighted by Crippen LogP contribution is 2.25. The first-order valence-corrected chi connectivity index (χ1v) is 6.37. The summed E-state index contributed by atoms with van der Waals surface area (Å²) < 4.78 is 12.8. The number of nitrogens with two attached hydrogens (primary N) is 1. The summed E-state index contributed by atoms with van der Waals surface area (Å²) in [5.74, 6) is 5.13. The molecule has 2 aromatic rings. The minimum absolute atomic E-state index is 0.267. The van der Waals surface area contributed by atoms with Gasteiger partial charge in [-0.2, -0.15) is 0 Å². The summed E-state index contributed by atoms with van der Waals surface area (Å²) in [6, 6.07) is 7.87. The number of hydrogen-bond acceptors (Lipinski definition) is 3. The van der Waals surface area contributed by atoms with Crippen LogP contribution in [0.1, 0.15) is 17.3 Å². The molecule has 1 unspecified atom stereocenters. The Morgan fingerprint density at radius 1 is 1.26 bits per heavy atom. The minimum atomic E-state index is -0.389. The van der Waals surface area contributed by atoms with Gasteiger partial charge in [0.2, 0.25) is 0 Å². The van der Waals surface area contributed by atoms with E-state index in [1.807, 2.05) is 0 Å². The van der Waals surface area contributed by atoms with Crippen LogP contribution in [0.5, 0.6) is 0 Å². The molecular formula is C13H12Cl2FN3. The number of halogens is 3. The number of rotatable bonds is 4. The van der Waals surface area contributed by atoms with Crippen LogP contribution in [0.15, 0.2) is 36.5 Å². The van der Waals surface area contributed by atoms with Gasteiger partial charge in [-0.25, -0.2) is 4.39 Å². The van der Waals surface area contributed by atoms with Crippen LogP contribution in [0.25, 0.3) is 0 Å². The van der Waals surface area contributed by atoms with E-state index in [-0.39, 0.29) is 11.9 Å². The molecule has 100 valence electrons. The average molecular weight is 300 g/mol. The zero-order valence-electron chi connectivity index (χ0n) is 9.91. The molecule has 0 saturated carbocycles. The molecule has 3 nitrogen and oxygen atoms in total. The van der Waals surface area contributed by atoms with Crippen molar-refractivity contribution in [1.29, 1.82) is 0 Å². The van der Waals surface area contributed by atoms with Crippen molar-refractivity contribution in [2.24, 2.45) is 5.84 Å². The molecule has 0 fully saturated rings. The molecule has 1 aromatic carbocycles. The highest BCUT2D eigenvalue weighted by atomic mass is 35.5. The maximum atomic E-state index is 12.8. The highest BCUT2D eigenvalue weighted by Gasteiger charge is 2.14. The predicted octanol–water partition coefficient (Wildman–Crippen LogP) is 3.27. The van der Waals surface area contributed by atoms with Gasteiger partial charge in [-0.05, 0) is 42.3 Å². The Labute approximate surface area is 120 Å². The summed E-state index contributed by atoms with van der Waals surface area (Å²) >= 11 is 12.0. The summed E-state index contributed by atoms with van der Waals surface area (Å²) in [4.78, 5) is 4.00. The lowest BCUT2D eigenvalue weighted by molar-refractivity contribution is 0.533. The van der Waals surface area contributed by atoms with Crippen LogP contribution in [-0.4, -0.2) is 4.98 Å². The van der Waals surface area contributed by atoms with Crippen molar-refractivity contribution in [2.75, 3.05) is 0 Å². The smallest absolute Gasteiger partial charge is 0.141 e. The van der Waals surface area contributed by atoms with E-state index in [1.54, 1.807) is 24.3 Å². The molecule has 1 atom stereocenters. The van der Waals surface area contributed by atoms with Gasteiger partial charge < -0.3 is 0 Å². The number of benzene rings is 1. The first kappa shape index (κ1) is 14.2. The lowest BCUT2D eigenvalue weighted by Crippen LogP contribution is -2.30. The van der Waals surface area contributed by atoms with E-state index in [0.717, 1.165) is 11.8 Å². The van der Waals surface area contributed by atoms with Crippen LogP contribution in [0.3, 0.4) is 0 Å². The number of hydrogen-bond donors (Lipinski definition) is 2. The molecule has 0 aliphatic heterocycles. The van der Waals surface area contributed by atoms with Gasteiger partial charge in [0.25, 0.3) is 0 Å². The fourth-order valence-corrected chi connectivity index (χ4v) is 2.15. The van der Waals surface area contributed by atoms with Crippen molar-refractivity contribution in [3.63, 3.8) is 0 Å². The van der Waals surface area contributed by atoms with E-state index in [1.165, 1.54) is 6.07 Å². The molecule has 0 aliphatic rings. The molecule has 3 N–H and O–H groups in total. The lowest BCUT2D eigenvalue weighted by Gasteiger charge is -2.16. The molecule has 0 bridgehead atoms. The van der Waals surface area contributed by atoms with Crippen molar-refractivity contribution in [3.05, 3.63) is 63.6 Å². The zero-order chi connectivity index (χ0) is 13.8. The number of aromatic nitrogens is 1. The van der Waals surface area contributed by atoms with Gasteiger partial charge in [0.1, 0.15) is 5.82 Å². The van der Waals surface area contributed by atoms with E-state index < -0.39 is 0 Å². The Hall–Kier alpha value is -1.20. The lowest BCUT2D eigenvalue weighted by atomic mass is 10.0. The summed E-state index contributed by atoms with van der Waals surface area (Å²) in [6.07, 6.45) is 1.66. The van der Waals surface area contributed by atoms with Crippen molar-refractivity contribution in [1.82, 2.24) is 10.4 Å². The zero-order valence-corrected chi connectivity index (χ0v) is 11.4.